The third kappa shape index (κ3) is 5.17. The number of ether oxygens (including phenoxy) is 1. The van der Waals surface area contributed by atoms with Gasteiger partial charge in [0.2, 0.25) is 0 Å². The first-order valence-corrected chi connectivity index (χ1v) is 7.74. The third-order valence-corrected chi connectivity index (χ3v) is 3.56. The summed E-state index contributed by atoms with van der Waals surface area (Å²) in [6, 6.07) is 13.0. The van der Waals surface area contributed by atoms with Gasteiger partial charge in [-0.15, -0.1) is 0 Å². The summed E-state index contributed by atoms with van der Waals surface area (Å²) in [5, 5.41) is 2.64. The molecule has 0 saturated heterocycles. The van der Waals surface area contributed by atoms with Crippen LogP contribution in [0.15, 0.2) is 53.0 Å². The quantitative estimate of drug-likeness (QED) is 0.805. The van der Waals surface area contributed by atoms with Gasteiger partial charge in [-0.1, -0.05) is 40.2 Å². The Balaban J connectivity index is 1.90. The van der Waals surface area contributed by atoms with E-state index in [1.165, 1.54) is 25.1 Å². The summed E-state index contributed by atoms with van der Waals surface area (Å²) in [5.74, 6) is -1.59. The molecule has 1 N–H and O–H groups in total. The number of halogens is 2. The van der Waals surface area contributed by atoms with Gasteiger partial charge in [0, 0.05) is 10.2 Å². The minimum atomic E-state index is -0.978. The van der Waals surface area contributed by atoms with E-state index in [0.717, 1.165) is 4.47 Å². The molecular formula is C17H15BrFNO3. The molecule has 0 fully saturated rings. The maximum Gasteiger partial charge on any atom is 0.311 e. The van der Waals surface area contributed by atoms with Gasteiger partial charge in [-0.05, 0) is 36.8 Å². The van der Waals surface area contributed by atoms with Gasteiger partial charge in [0.05, 0.1) is 6.42 Å². The van der Waals surface area contributed by atoms with Crippen molar-refractivity contribution in [2.75, 3.05) is 5.32 Å². The van der Waals surface area contributed by atoms with Crippen molar-refractivity contribution in [2.45, 2.75) is 19.4 Å². The van der Waals surface area contributed by atoms with Crippen LogP contribution in [-0.2, 0) is 20.7 Å². The predicted molar refractivity (Wildman–Crippen MR) is 88.4 cm³/mol. The second kappa shape index (κ2) is 7.87. The fourth-order valence-electron chi connectivity index (χ4n) is 1.90. The lowest BCUT2D eigenvalue weighted by Crippen LogP contribution is -2.30. The van der Waals surface area contributed by atoms with Crippen molar-refractivity contribution in [3.63, 3.8) is 0 Å². The van der Waals surface area contributed by atoms with Gasteiger partial charge in [0.15, 0.2) is 6.10 Å². The highest BCUT2D eigenvalue weighted by Crippen LogP contribution is 2.16. The summed E-state index contributed by atoms with van der Waals surface area (Å²) in [6.07, 6.45) is -1.20. The number of benzene rings is 2. The van der Waals surface area contributed by atoms with E-state index >= 15 is 0 Å². The molecule has 2 aromatic rings. The van der Waals surface area contributed by atoms with E-state index in [-0.39, 0.29) is 12.0 Å². The van der Waals surface area contributed by atoms with Crippen LogP contribution in [-0.4, -0.2) is 18.0 Å². The minimum Gasteiger partial charge on any atom is -0.452 e. The summed E-state index contributed by atoms with van der Waals surface area (Å²) >= 11 is 3.30. The Hall–Kier alpha value is -2.21. The molecule has 0 spiro atoms. The smallest absolute Gasteiger partial charge is 0.311 e. The van der Waals surface area contributed by atoms with E-state index in [1.54, 1.807) is 24.3 Å². The molecule has 23 heavy (non-hydrogen) atoms. The first-order chi connectivity index (χ1) is 11.0. The van der Waals surface area contributed by atoms with E-state index < -0.39 is 23.8 Å². The van der Waals surface area contributed by atoms with Crippen LogP contribution in [0.25, 0.3) is 0 Å². The SMILES string of the molecule is C[C@H](OC(=O)Cc1ccccc1F)C(=O)Nc1cccc(Br)c1. The molecule has 0 aromatic heterocycles. The van der Waals surface area contributed by atoms with Crippen molar-refractivity contribution in [1.29, 1.82) is 0 Å². The van der Waals surface area contributed by atoms with E-state index in [1.807, 2.05) is 6.07 Å². The fraction of sp³-hybridized carbons (Fsp3) is 0.176. The van der Waals surface area contributed by atoms with Gasteiger partial charge in [-0.3, -0.25) is 9.59 Å². The fourth-order valence-corrected chi connectivity index (χ4v) is 2.30. The normalized spacial score (nSPS) is 11.6. The van der Waals surface area contributed by atoms with Crippen LogP contribution in [0.4, 0.5) is 10.1 Å². The van der Waals surface area contributed by atoms with Crippen LogP contribution in [0.5, 0.6) is 0 Å². The number of hydrogen-bond donors (Lipinski definition) is 1. The summed E-state index contributed by atoms with van der Waals surface area (Å²) in [5.41, 5.74) is 0.818. The standard InChI is InChI=1S/C17H15BrFNO3/c1-11(17(22)20-14-7-4-6-13(18)10-14)23-16(21)9-12-5-2-3-8-15(12)19/h2-8,10-11H,9H2,1H3,(H,20,22)/t11-/m0/s1. The van der Waals surface area contributed by atoms with E-state index in [9.17, 15) is 14.0 Å². The highest BCUT2D eigenvalue weighted by molar-refractivity contribution is 9.10. The predicted octanol–water partition coefficient (Wildman–Crippen LogP) is 3.70. The second-order valence-electron chi connectivity index (χ2n) is 4.90. The monoisotopic (exact) mass is 379 g/mol. The van der Waals surface area contributed by atoms with Crippen molar-refractivity contribution in [1.82, 2.24) is 0 Å². The zero-order valence-corrected chi connectivity index (χ0v) is 14.0. The molecule has 0 heterocycles. The lowest BCUT2D eigenvalue weighted by atomic mass is 10.1. The Morgan fingerprint density at radius 3 is 2.65 bits per heavy atom. The molecule has 0 aliphatic heterocycles. The molecule has 2 aromatic carbocycles. The Kier molecular flexibility index (Phi) is 5.87. The number of hydrogen-bond acceptors (Lipinski definition) is 3. The molecule has 0 bridgehead atoms. The summed E-state index contributed by atoms with van der Waals surface area (Å²) in [6.45, 7) is 1.46. The number of anilines is 1. The van der Waals surface area contributed by atoms with Crippen LogP contribution in [0.2, 0.25) is 0 Å². The number of carbonyl (C=O) groups is 2. The number of esters is 1. The van der Waals surface area contributed by atoms with E-state index in [0.29, 0.717) is 5.69 Å². The van der Waals surface area contributed by atoms with Gasteiger partial charge in [-0.2, -0.15) is 0 Å². The highest BCUT2D eigenvalue weighted by atomic mass is 79.9. The molecule has 0 unspecified atom stereocenters. The van der Waals surface area contributed by atoms with Crippen molar-refractivity contribution in [3.8, 4) is 0 Å². The van der Waals surface area contributed by atoms with Crippen LogP contribution < -0.4 is 5.32 Å². The highest BCUT2D eigenvalue weighted by Gasteiger charge is 2.19. The van der Waals surface area contributed by atoms with Crippen LogP contribution in [0, 0.1) is 5.82 Å². The number of rotatable bonds is 5. The van der Waals surface area contributed by atoms with E-state index in [4.69, 9.17) is 4.74 Å². The summed E-state index contributed by atoms with van der Waals surface area (Å²) < 4.78 is 19.3. The largest absolute Gasteiger partial charge is 0.452 e. The lowest BCUT2D eigenvalue weighted by Gasteiger charge is -2.14. The third-order valence-electron chi connectivity index (χ3n) is 3.06. The van der Waals surface area contributed by atoms with Crippen molar-refractivity contribution in [2.24, 2.45) is 0 Å². The van der Waals surface area contributed by atoms with Gasteiger partial charge < -0.3 is 10.1 Å². The molecule has 0 aliphatic rings. The second-order valence-corrected chi connectivity index (χ2v) is 5.82. The average molecular weight is 380 g/mol. The summed E-state index contributed by atoms with van der Waals surface area (Å²) in [7, 11) is 0. The number of nitrogens with one attached hydrogen (secondary N) is 1. The maximum atomic E-state index is 13.5. The number of carbonyl (C=O) groups excluding carboxylic acids is 2. The molecule has 4 nitrogen and oxygen atoms in total. The molecular weight excluding hydrogens is 365 g/mol. The molecule has 6 heteroatoms. The zero-order valence-electron chi connectivity index (χ0n) is 12.4. The van der Waals surface area contributed by atoms with E-state index in [2.05, 4.69) is 21.2 Å². The Bertz CT molecular complexity index is 720. The molecule has 0 radical (unpaired) electrons. The molecule has 0 saturated carbocycles. The molecule has 0 aliphatic carbocycles. The topological polar surface area (TPSA) is 55.4 Å². The van der Waals surface area contributed by atoms with Gasteiger partial charge in [0.25, 0.3) is 5.91 Å². The molecule has 120 valence electrons. The Labute approximate surface area is 141 Å². The first kappa shape index (κ1) is 17.1. The van der Waals surface area contributed by atoms with Crippen LogP contribution in [0.3, 0.4) is 0 Å². The Morgan fingerprint density at radius 2 is 1.96 bits per heavy atom. The zero-order chi connectivity index (χ0) is 16.8. The van der Waals surface area contributed by atoms with Gasteiger partial charge >= 0.3 is 5.97 Å². The minimum absolute atomic E-state index is 0.221. The van der Waals surface area contributed by atoms with Crippen molar-refractivity contribution < 1.29 is 18.7 Å². The molecule has 1 amide bonds. The maximum absolute atomic E-state index is 13.5. The van der Waals surface area contributed by atoms with Crippen molar-refractivity contribution >= 4 is 33.5 Å². The van der Waals surface area contributed by atoms with Gasteiger partial charge in [0.1, 0.15) is 5.82 Å². The first-order valence-electron chi connectivity index (χ1n) is 6.95. The lowest BCUT2D eigenvalue weighted by molar-refractivity contribution is -0.152. The Morgan fingerprint density at radius 1 is 1.22 bits per heavy atom. The molecule has 1 atom stereocenters. The number of amides is 1. The van der Waals surface area contributed by atoms with Gasteiger partial charge in [-0.25, -0.2) is 4.39 Å². The molecule has 2 rings (SSSR count). The van der Waals surface area contributed by atoms with Crippen LogP contribution in [0.1, 0.15) is 12.5 Å². The average Bonchev–Trinajstić information content (AvgIpc) is 2.49. The van der Waals surface area contributed by atoms with Crippen molar-refractivity contribution in [3.05, 3.63) is 64.4 Å². The van der Waals surface area contributed by atoms with Crippen LogP contribution >= 0.6 is 15.9 Å². The summed E-state index contributed by atoms with van der Waals surface area (Å²) in [4.78, 5) is 23.8.